The van der Waals surface area contributed by atoms with Crippen LogP contribution in [-0.2, 0) is 17.6 Å². The molecule has 124 valence electrons. The minimum atomic E-state index is -0.362. The van der Waals surface area contributed by atoms with Crippen molar-refractivity contribution in [3.8, 4) is 6.07 Å². The van der Waals surface area contributed by atoms with Crippen molar-refractivity contribution in [3.05, 3.63) is 16.0 Å². The van der Waals surface area contributed by atoms with E-state index in [0.717, 1.165) is 42.8 Å². The second-order valence-electron chi connectivity index (χ2n) is 7.29. The Hall–Kier alpha value is -1.74. The monoisotopic (exact) mass is 333 g/mol. The Morgan fingerprint density at radius 3 is 2.91 bits per heavy atom. The van der Waals surface area contributed by atoms with Gasteiger partial charge in [-0.3, -0.25) is 0 Å². The summed E-state index contributed by atoms with van der Waals surface area (Å²) in [5, 5.41) is 13.4. The lowest BCUT2D eigenvalue weighted by Gasteiger charge is -2.22. The van der Waals surface area contributed by atoms with Gasteiger partial charge in [0, 0.05) is 23.4 Å². The molecule has 3 rings (SSSR count). The Morgan fingerprint density at radius 2 is 2.22 bits per heavy atom. The van der Waals surface area contributed by atoms with E-state index in [1.165, 1.54) is 10.4 Å². The quantitative estimate of drug-likeness (QED) is 0.902. The molecule has 1 fully saturated rings. The third-order valence-electron chi connectivity index (χ3n) is 4.20. The standard InChI is InChI=1S/C17H23N3O2S/c1-17(2,3)19-16(21)22-11-7-8-20(10-11)15-13(9-18)12-5-4-6-14(12)23-15/h11H,4-8,10H2,1-3H3,(H,19,21)/t11-/m0/s1. The number of rotatable bonds is 2. The number of hydrogen-bond donors (Lipinski definition) is 1. The molecule has 2 heterocycles. The zero-order valence-electron chi connectivity index (χ0n) is 13.9. The third kappa shape index (κ3) is 3.45. The number of nitrogens with zero attached hydrogens (tertiary/aromatic N) is 2. The second kappa shape index (κ2) is 6.04. The van der Waals surface area contributed by atoms with Crippen molar-refractivity contribution >= 4 is 22.4 Å². The summed E-state index contributed by atoms with van der Waals surface area (Å²) in [4.78, 5) is 15.5. The predicted molar refractivity (Wildman–Crippen MR) is 91.0 cm³/mol. The van der Waals surface area contributed by atoms with Gasteiger partial charge in [-0.2, -0.15) is 5.26 Å². The number of carbonyl (C=O) groups excluding carboxylic acids is 1. The lowest BCUT2D eigenvalue weighted by atomic mass is 10.1. The molecule has 1 aliphatic heterocycles. The lowest BCUT2D eigenvalue weighted by molar-refractivity contribution is 0.101. The van der Waals surface area contributed by atoms with Gasteiger partial charge in [-0.1, -0.05) is 0 Å². The Bertz CT molecular complexity index is 654. The smallest absolute Gasteiger partial charge is 0.407 e. The second-order valence-corrected chi connectivity index (χ2v) is 8.37. The highest BCUT2D eigenvalue weighted by atomic mass is 32.1. The summed E-state index contributed by atoms with van der Waals surface area (Å²) in [6.45, 7) is 7.30. The van der Waals surface area contributed by atoms with Crippen molar-refractivity contribution in [2.45, 2.75) is 58.1 Å². The van der Waals surface area contributed by atoms with Gasteiger partial charge >= 0.3 is 6.09 Å². The van der Waals surface area contributed by atoms with Crippen LogP contribution in [0.5, 0.6) is 0 Å². The Labute approximate surface area is 141 Å². The SMILES string of the molecule is CC(C)(C)NC(=O)O[C@H]1CCN(c2sc3c(c2C#N)CCC3)C1. The number of anilines is 1. The van der Waals surface area contributed by atoms with Gasteiger partial charge in [0.05, 0.1) is 12.1 Å². The minimum Gasteiger partial charge on any atom is -0.444 e. The number of hydrogen-bond acceptors (Lipinski definition) is 5. The molecule has 1 aromatic rings. The van der Waals surface area contributed by atoms with Crippen LogP contribution in [0.25, 0.3) is 0 Å². The molecule has 0 spiro atoms. The molecule has 6 heteroatoms. The maximum Gasteiger partial charge on any atom is 0.407 e. The number of fused-ring (bicyclic) bond motifs is 1. The molecule has 5 nitrogen and oxygen atoms in total. The average molecular weight is 333 g/mol. The molecular weight excluding hydrogens is 310 g/mol. The first kappa shape index (κ1) is 16.1. The number of alkyl carbamates (subject to hydrolysis) is 1. The summed E-state index contributed by atoms with van der Waals surface area (Å²) < 4.78 is 5.52. The van der Waals surface area contributed by atoms with Gasteiger partial charge in [0.25, 0.3) is 0 Å². The molecule has 1 aromatic heterocycles. The molecule has 23 heavy (non-hydrogen) atoms. The van der Waals surface area contributed by atoms with E-state index in [0.29, 0.717) is 6.54 Å². The molecule has 2 aliphatic rings. The summed E-state index contributed by atoms with van der Waals surface area (Å²) >= 11 is 1.75. The van der Waals surface area contributed by atoms with E-state index in [4.69, 9.17) is 4.74 Å². The largest absolute Gasteiger partial charge is 0.444 e. The Kier molecular flexibility index (Phi) is 4.24. The van der Waals surface area contributed by atoms with Crippen molar-refractivity contribution in [3.63, 3.8) is 0 Å². The maximum atomic E-state index is 11.9. The van der Waals surface area contributed by atoms with Gasteiger partial charge in [-0.25, -0.2) is 4.79 Å². The fourth-order valence-electron chi connectivity index (χ4n) is 3.22. The van der Waals surface area contributed by atoms with E-state index >= 15 is 0 Å². The summed E-state index contributed by atoms with van der Waals surface area (Å²) in [7, 11) is 0. The molecule has 1 N–H and O–H groups in total. The van der Waals surface area contributed by atoms with Crippen LogP contribution in [0.1, 0.15) is 49.6 Å². The zero-order chi connectivity index (χ0) is 16.6. The fraction of sp³-hybridized carbons (Fsp3) is 0.647. The van der Waals surface area contributed by atoms with Crippen molar-refractivity contribution in [1.29, 1.82) is 5.26 Å². The van der Waals surface area contributed by atoms with Crippen molar-refractivity contribution in [1.82, 2.24) is 5.32 Å². The molecule has 0 unspecified atom stereocenters. The number of nitrogens with one attached hydrogen (secondary N) is 1. The van der Waals surface area contributed by atoms with Crippen LogP contribution in [0, 0.1) is 11.3 Å². The van der Waals surface area contributed by atoms with Crippen molar-refractivity contribution in [2.75, 3.05) is 18.0 Å². The molecule has 0 bridgehead atoms. The van der Waals surface area contributed by atoms with Gasteiger partial charge in [-0.15, -0.1) is 11.3 Å². The summed E-state index contributed by atoms with van der Waals surface area (Å²) in [6, 6.07) is 2.39. The first-order chi connectivity index (χ1) is 10.9. The van der Waals surface area contributed by atoms with E-state index in [-0.39, 0.29) is 17.7 Å². The van der Waals surface area contributed by atoms with Crippen LogP contribution in [-0.4, -0.2) is 30.8 Å². The molecule has 1 saturated heterocycles. The minimum absolute atomic E-state index is 0.110. The molecule has 1 amide bonds. The molecule has 0 saturated carbocycles. The summed E-state index contributed by atoms with van der Waals surface area (Å²) in [6.07, 6.45) is 3.62. The zero-order valence-corrected chi connectivity index (χ0v) is 14.8. The Morgan fingerprint density at radius 1 is 1.43 bits per heavy atom. The number of thiophene rings is 1. The Balaban J connectivity index is 1.65. The van der Waals surface area contributed by atoms with Crippen LogP contribution in [0.3, 0.4) is 0 Å². The highest BCUT2D eigenvalue weighted by molar-refractivity contribution is 7.16. The van der Waals surface area contributed by atoms with Gasteiger partial charge in [-0.05, 0) is 45.6 Å². The van der Waals surface area contributed by atoms with E-state index in [1.807, 2.05) is 20.8 Å². The summed E-state index contributed by atoms with van der Waals surface area (Å²) in [5.74, 6) is 0. The highest BCUT2D eigenvalue weighted by Crippen LogP contribution is 2.41. The van der Waals surface area contributed by atoms with Crippen LogP contribution in [0.15, 0.2) is 0 Å². The van der Waals surface area contributed by atoms with E-state index < -0.39 is 0 Å². The topological polar surface area (TPSA) is 65.4 Å². The predicted octanol–water partition coefficient (Wildman–Crippen LogP) is 3.21. The number of ether oxygens (including phenoxy) is 1. The van der Waals surface area contributed by atoms with Crippen LogP contribution in [0.2, 0.25) is 0 Å². The molecule has 0 aromatic carbocycles. The van der Waals surface area contributed by atoms with Crippen molar-refractivity contribution < 1.29 is 9.53 Å². The molecular formula is C17H23N3O2S. The highest BCUT2D eigenvalue weighted by Gasteiger charge is 2.31. The molecule has 1 atom stereocenters. The molecule has 1 aliphatic carbocycles. The van der Waals surface area contributed by atoms with Gasteiger partial charge in [0.1, 0.15) is 17.2 Å². The number of nitriles is 1. The van der Waals surface area contributed by atoms with E-state index in [9.17, 15) is 10.1 Å². The van der Waals surface area contributed by atoms with Gasteiger partial charge < -0.3 is 15.0 Å². The normalized spacial score (nSPS) is 20.3. The van der Waals surface area contributed by atoms with E-state index in [1.54, 1.807) is 11.3 Å². The number of amides is 1. The number of carbonyl (C=O) groups is 1. The van der Waals surface area contributed by atoms with Crippen LogP contribution >= 0.6 is 11.3 Å². The fourth-order valence-corrected chi connectivity index (χ4v) is 4.60. The number of aryl methyl sites for hydroxylation is 1. The lowest BCUT2D eigenvalue weighted by Crippen LogP contribution is -2.42. The summed E-state index contributed by atoms with van der Waals surface area (Å²) in [5.41, 5.74) is 1.81. The first-order valence-corrected chi connectivity index (χ1v) is 8.97. The van der Waals surface area contributed by atoms with Crippen LogP contribution in [0.4, 0.5) is 9.80 Å². The third-order valence-corrected chi connectivity index (χ3v) is 5.55. The van der Waals surface area contributed by atoms with Gasteiger partial charge in [0.15, 0.2) is 0 Å². The molecule has 0 radical (unpaired) electrons. The first-order valence-electron chi connectivity index (χ1n) is 8.16. The average Bonchev–Trinajstić information content (AvgIpc) is 3.09. The van der Waals surface area contributed by atoms with E-state index in [2.05, 4.69) is 16.3 Å². The van der Waals surface area contributed by atoms with Crippen LogP contribution < -0.4 is 10.2 Å². The van der Waals surface area contributed by atoms with Gasteiger partial charge in [0.2, 0.25) is 0 Å². The van der Waals surface area contributed by atoms with Crippen molar-refractivity contribution in [2.24, 2.45) is 0 Å². The maximum absolute atomic E-state index is 11.9.